The van der Waals surface area contributed by atoms with Crippen LogP contribution in [0.15, 0.2) is 54.6 Å². The molecular formula is C36H45F3O3. The van der Waals surface area contributed by atoms with E-state index in [1.54, 1.807) is 36.4 Å². The fourth-order valence-electron chi connectivity index (χ4n) is 5.44. The molecule has 1 fully saturated rings. The fraction of sp³-hybridized carbons (Fsp3) is 0.500. The van der Waals surface area contributed by atoms with Crippen LogP contribution >= 0.6 is 0 Å². The summed E-state index contributed by atoms with van der Waals surface area (Å²) in [5.41, 5.74) is 2.77. The van der Waals surface area contributed by atoms with Gasteiger partial charge in [0.05, 0.1) is 19.8 Å². The highest BCUT2D eigenvalue weighted by molar-refractivity contribution is 5.71. The van der Waals surface area contributed by atoms with Crippen molar-refractivity contribution in [2.24, 2.45) is 0 Å². The average Bonchev–Trinajstić information content (AvgIpc) is 3.01. The minimum absolute atomic E-state index is 0.0642. The first-order valence-corrected chi connectivity index (χ1v) is 15.8. The minimum atomic E-state index is -0.975. The second-order valence-electron chi connectivity index (χ2n) is 11.3. The molecule has 3 aromatic rings. The van der Waals surface area contributed by atoms with Crippen LogP contribution in [-0.2, 0) is 9.47 Å². The van der Waals surface area contributed by atoms with E-state index < -0.39 is 11.6 Å². The molecule has 0 saturated carbocycles. The first kappa shape index (κ1) is 32.1. The van der Waals surface area contributed by atoms with Crippen molar-refractivity contribution in [3.63, 3.8) is 0 Å². The SMILES string of the molecule is CCCCCCCOc1ccc(-c2ccc(-c3ccc(C4COC(CCCCCCC)OC4)c(F)c3)cc2)c(F)c1F. The largest absolute Gasteiger partial charge is 0.490 e. The lowest BCUT2D eigenvalue weighted by Crippen LogP contribution is -2.31. The molecule has 0 amide bonds. The summed E-state index contributed by atoms with van der Waals surface area (Å²) in [6.07, 6.45) is 11.9. The van der Waals surface area contributed by atoms with Crippen LogP contribution in [0.3, 0.4) is 0 Å². The van der Waals surface area contributed by atoms with Crippen molar-refractivity contribution < 1.29 is 27.4 Å². The lowest BCUT2D eigenvalue weighted by molar-refractivity contribution is -0.190. The number of rotatable bonds is 16. The van der Waals surface area contributed by atoms with Crippen LogP contribution in [0, 0.1) is 17.5 Å². The summed E-state index contributed by atoms with van der Waals surface area (Å²) in [4.78, 5) is 0. The Balaban J connectivity index is 1.33. The van der Waals surface area contributed by atoms with Gasteiger partial charge in [0, 0.05) is 11.5 Å². The molecule has 228 valence electrons. The van der Waals surface area contributed by atoms with Crippen LogP contribution in [0.5, 0.6) is 5.75 Å². The van der Waals surface area contributed by atoms with Crippen molar-refractivity contribution in [3.8, 4) is 28.0 Å². The summed E-state index contributed by atoms with van der Waals surface area (Å²) in [6, 6.07) is 15.2. The molecule has 0 atom stereocenters. The summed E-state index contributed by atoms with van der Waals surface area (Å²) < 4.78 is 62.1. The molecular weight excluding hydrogens is 537 g/mol. The lowest BCUT2D eigenvalue weighted by Gasteiger charge is -2.30. The van der Waals surface area contributed by atoms with E-state index in [9.17, 15) is 8.78 Å². The first-order valence-electron chi connectivity index (χ1n) is 15.8. The molecule has 0 bridgehead atoms. The van der Waals surface area contributed by atoms with Gasteiger partial charge in [-0.25, -0.2) is 8.78 Å². The van der Waals surface area contributed by atoms with Gasteiger partial charge in [0.25, 0.3) is 0 Å². The predicted molar refractivity (Wildman–Crippen MR) is 163 cm³/mol. The number of hydrogen-bond donors (Lipinski definition) is 0. The smallest absolute Gasteiger partial charge is 0.201 e. The number of halogens is 3. The van der Waals surface area contributed by atoms with E-state index in [4.69, 9.17) is 14.2 Å². The molecule has 0 aliphatic carbocycles. The van der Waals surface area contributed by atoms with E-state index in [0.717, 1.165) is 44.1 Å². The molecule has 0 unspecified atom stereocenters. The molecule has 42 heavy (non-hydrogen) atoms. The summed E-state index contributed by atoms with van der Waals surface area (Å²) in [7, 11) is 0. The Labute approximate surface area is 249 Å². The van der Waals surface area contributed by atoms with Crippen molar-refractivity contribution in [3.05, 3.63) is 77.6 Å². The molecule has 6 heteroatoms. The third-order valence-electron chi connectivity index (χ3n) is 8.03. The maximum absolute atomic E-state index is 15.2. The van der Waals surface area contributed by atoms with Gasteiger partial charge in [-0.2, -0.15) is 4.39 Å². The number of unbranched alkanes of at least 4 members (excludes halogenated alkanes) is 8. The van der Waals surface area contributed by atoms with Gasteiger partial charge >= 0.3 is 0 Å². The van der Waals surface area contributed by atoms with Gasteiger partial charge < -0.3 is 14.2 Å². The zero-order chi connectivity index (χ0) is 29.7. The average molecular weight is 583 g/mol. The molecule has 1 aliphatic rings. The van der Waals surface area contributed by atoms with Crippen LogP contribution in [0.4, 0.5) is 13.2 Å². The molecule has 3 aromatic carbocycles. The topological polar surface area (TPSA) is 27.7 Å². The Morgan fingerprint density at radius 3 is 1.95 bits per heavy atom. The van der Waals surface area contributed by atoms with E-state index >= 15 is 4.39 Å². The van der Waals surface area contributed by atoms with Crippen molar-refractivity contribution in [2.45, 2.75) is 96.7 Å². The maximum atomic E-state index is 15.2. The molecule has 3 nitrogen and oxygen atoms in total. The van der Waals surface area contributed by atoms with Gasteiger partial charge in [0.2, 0.25) is 5.82 Å². The highest BCUT2D eigenvalue weighted by Crippen LogP contribution is 2.33. The van der Waals surface area contributed by atoms with E-state index in [-0.39, 0.29) is 29.3 Å². The van der Waals surface area contributed by atoms with E-state index in [0.29, 0.717) is 36.5 Å². The van der Waals surface area contributed by atoms with Gasteiger partial charge in [-0.15, -0.1) is 0 Å². The zero-order valence-electron chi connectivity index (χ0n) is 25.1. The van der Waals surface area contributed by atoms with Gasteiger partial charge in [-0.1, -0.05) is 102 Å². The van der Waals surface area contributed by atoms with Gasteiger partial charge in [-0.3, -0.25) is 0 Å². The monoisotopic (exact) mass is 582 g/mol. The van der Waals surface area contributed by atoms with Crippen LogP contribution < -0.4 is 4.74 Å². The first-order chi connectivity index (χ1) is 20.5. The highest BCUT2D eigenvalue weighted by Gasteiger charge is 2.25. The van der Waals surface area contributed by atoms with Gasteiger partial charge in [0.1, 0.15) is 5.82 Å². The third kappa shape index (κ3) is 8.84. The van der Waals surface area contributed by atoms with Crippen molar-refractivity contribution in [1.82, 2.24) is 0 Å². The molecule has 0 N–H and O–H groups in total. The second kappa shape index (κ2) is 16.7. The van der Waals surface area contributed by atoms with Crippen LogP contribution in [0.1, 0.15) is 96.0 Å². The second-order valence-corrected chi connectivity index (χ2v) is 11.3. The van der Waals surface area contributed by atoms with Gasteiger partial charge in [0.15, 0.2) is 17.9 Å². The summed E-state index contributed by atoms with van der Waals surface area (Å²) in [5.74, 6) is -2.43. The van der Waals surface area contributed by atoms with Crippen molar-refractivity contribution in [2.75, 3.05) is 19.8 Å². The van der Waals surface area contributed by atoms with Crippen LogP contribution in [0.25, 0.3) is 22.3 Å². The summed E-state index contributed by atoms with van der Waals surface area (Å²) in [6.45, 7) is 5.60. The fourth-order valence-corrected chi connectivity index (χ4v) is 5.44. The Kier molecular flexibility index (Phi) is 12.8. The van der Waals surface area contributed by atoms with Crippen molar-refractivity contribution >= 4 is 0 Å². The van der Waals surface area contributed by atoms with E-state index in [1.807, 2.05) is 6.07 Å². The highest BCUT2D eigenvalue weighted by atomic mass is 19.2. The molecule has 4 rings (SSSR count). The number of hydrogen-bond acceptors (Lipinski definition) is 3. The number of ether oxygens (including phenoxy) is 3. The Bertz CT molecular complexity index is 1240. The Morgan fingerprint density at radius 2 is 1.29 bits per heavy atom. The number of benzene rings is 3. The van der Waals surface area contributed by atoms with Crippen LogP contribution in [-0.4, -0.2) is 26.1 Å². The molecule has 0 radical (unpaired) electrons. The lowest BCUT2D eigenvalue weighted by atomic mass is 9.95. The molecule has 0 aromatic heterocycles. The van der Waals surface area contributed by atoms with E-state index in [2.05, 4.69) is 13.8 Å². The standard InChI is InChI=1S/C36H45F3O3/c1-3-5-7-9-11-13-34-41-24-29(25-42-34)30-19-18-28(23-32(30)37)26-14-16-27(17-15-26)31-20-21-33(36(39)35(31)38)40-22-12-10-8-6-4-2/h14-21,23,29,34H,3-13,22,24-25H2,1-2H3. The maximum Gasteiger partial charge on any atom is 0.201 e. The Hall–Kier alpha value is -2.83. The summed E-state index contributed by atoms with van der Waals surface area (Å²) in [5, 5.41) is 0. The minimum Gasteiger partial charge on any atom is -0.490 e. The zero-order valence-corrected chi connectivity index (χ0v) is 25.1. The van der Waals surface area contributed by atoms with Crippen LogP contribution in [0.2, 0.25) is 0 Å². The quantitative estimate of drug-likeness (QED) is 0.157. The molecule has 0 spiro atoms. The molecule has 1 aliphatic heterocycles. The van der Waals surface area contributed by atoms with Crippen molar-refractivity contribution in [1.29, 1.82) is 0 Å². The van der Waals surface area contributed by atoms with E-state index in [1.165, 1.54) is 44.2 Å². The molecule has 1 heterocycles. The van der Waals surface area contributed by atoms with Gasteiger partial charge in [-0.05, 0) is 59.7 Å². The normalized spacial score (nSPS) is 17.0. The predicted octanol–water partition coefficient (Wildman–Crippen LogP) is 10.6. The summed E-state index contributed by atoms with van der Waals surface area (Å²) >= 11 is 0. The molecule has 1 saturated heterocycles. The third-order valence-corrected chi connectivity index (χ3v) is 8.03. The Morgan fingerprint density at radius 1 is 0.667 bits per heavy atom.